The van der Waals surface area contributed by atoms with Crippen molar-refractivity contribution in [3.05, 3.63) is 35.4 Å². The van der Waals surface area contributed by atoms with Gasteiger partial charge in [0.25, 0.3) is 0 Å². The Kier molecular flexibility index (Phi) is 10.3. The third-order valence-electron chi connectivity index (χ3n) is 4.24. The van der Waals surface area contributed by atoms with Crippen LogP contribution in [-0.4, -0.2) is 62.9 Å². The minimum absolute atomic E-state index is 0. The zero-order valence-corrected chi connectivity index (χ0v) is 15.9. The molecule has 0 bridgehead atoms. The Morgan fingerprint density at radius 1 is 1.08 bits per heavy atom. The van der Waals surface area contributed by atoms with Crippen molar-refractivity contribution in [3.63, 3.8) is 0 Å². The Hall–Kier alpha value is -0.890. The highest BCUT2D eigenvalue weighted by Gasteiger charge is 2.20. The van der Waals surface area contributed by atoms with Crippen molar-refractivity contribution in [1.29, 1.82) is 0 Å². The molecular weight excluding hydrogens is 365 g/mol. The molecule has 0 aliphatic carbocycles. The number of ether oxygens (including phenoxy) is 2. The lowest BCUT2D eigenvalue weighted by Crippen LogP contribution is -2.51. The number of benzene rings is 1. The van der Waals surface area contributed by atoms with E-state index < -0.39 is 0 Å². The summed E-state index contributed by atoms with van der Waals surface area (Å²) >= 11 is 0. The monoisotopic (exact) mass is 391 g/mol. The van der Waals surface area contributed by atoms with Crippen molar-refractivity contribution in [2.75, 3.05) is 46.1 Å². The summed E-state index contributed by atoms with van der Waals surface area (Å²) < 4.78 is 10.7. The van der Waals surface area contributed by atoms with Crippen LogP contribution < -0.4 is 10.6 Å². The van der Waals surface area contributed by atoms with E-state index in [1.807, 2.05) is 0 Å². The van der Waals surface area contributed by atoms with Crippen LogP contribution >= 0.6 is 24.8 Å². The van der Waals surface area contributed by atoms with E-state index in [2.05, 4.69) is 39.8 Å². The lowest BCUT2D eigenvalue weighted by molar-refractivity contribution is -0.126. The molecule has 2 aliphatic heterocycles. The van der Waals surface area contributed by atoms with Gasteiger partial charge in [-0.2, -0.15) is 0 Å². The van der Waals surface area contributed by atoms with Gasteiger partial charge in [0.2, 0.25) is 5.91 Å². The van der Waals surface area contributed by atoms with E-state index in [0.717, 1.165) is 45.0 Å². The highest BCUT2D eigenvalue weighted by molar-refractivity contribution is 5.85. The van der Waals surface area contributed by atoms with E-state index in [1.165, 1.54) is 5.56 Å². The van der Waals surface area contributed by atoms with Gasteiger partial charge in [0.1, 0.15) is 6.04 Å². The van der Waals surface area contributed by atoms with Gasteiger partial charge in [0, 0.05) is 32.7 Å². The number of carbonyl (C=O) groups excluding carboxylic acids is 1. The predicted octanol–water partition coefficient (Wildman–Crippen LogP) is 0.967. The number of nitrogens with zero attached hydrogens (tertiary/aromatic N) is 1. The first-order valence-electron chi connectivity index (χ1n) is 8.28. The van der Waals surface area contributed by atoms with Crippen LogP contribution in [-0.2, 0) is 27.4 Å². The van der Waals surface area contributed by atoms with E-state index in [4.69, 9.17) is 9.47 Å². The van der Waals surface area contributed by atoms with E-state index in [0.29, 0.717) is 19.8 Å². The van der Waals surface area contributed by atoms with Crippen LogP contribution in [0.15, 0.2) is 24.3 Å². The zero-order valence-electron chi connectivity index (χ0n) is 14.2. The largest absolute Gasteiger partial charge is 0.379 e. The van der Waals surface area contributed by atoms with Crippen LogP contribution in [0.1, 0.15) is 11.1 Å². The smallest absolute Gasteiger partial charge is 0.239 e. The maximum atomic E-state index is 12.0. The first-order chi connectivity index (χ1) is 11.3. The summed E-state index contributed by atoms with van der Waals surface area (Å²) in [5, 5.41) is 6.12. The molecule has 142 valence electrons. The quantitative estimate of drug-likeness (QED) is 0.782. The average Bonchev–Trinajstić information content (AvgIpc) is 2.62. The Bertz CT molecular complexity index is 504. The number of hydrogen-bond acceptors (Lipinski definition) is 5. The summed E-state index contributed by atoms with van der Waals surface area (Å²) in [7, 11) is 0. The molecule has 2 saturated heterocycles. The number of carbonyl (C=O) groups is 1. The van der Waals surface area contributed by atoms with E-state index in [-0.39, 0.29) is 36.8 Å². The van der Waals surface area contributed by atoms with Crippen LogP contribution in [0.25, 0.3) is 0 Å². The molecule has 1 unspecified atom stereocenters. The molecule has 2 aliphatic rings. The van der Waals surface area contributed by atoms with Crippen LogP contribution in [0.5, 0.6) is 0 Å². The summed E-state index contributed by atoms with van der Waals surface area (Å²) in [5.41, 5.74) is 2.41. The van der Waals surface area contributed by atoms with Gasteiger partial charge in [0.05, 0.1) is 26.4 Å². The van der Waals surface area contributed by atoms with Gasteiger partial charge in [-0.15, -0.1) is 24.8 Å². The molecular formula is C17H27Cl2N3O3. The van der Waals surface area contributed by atoms with Crippen LogP contribution in [0, 0.1) is 0 Å². The fraction of sp³-hybridized carbons (Fsp3) is 0.588. The topological polar surface area (TPSA) is 62.8 Å². The molecule has 0 spiro atoms. The third kappa shape index (κ3) is 7.09. The summed E-state index contributed by atoms with van der Waals surface area (Å²) in [6, 6.07) is 8.21. The van der Waals surface area contributed by atoms with Gasteiger partial charge in [-0.3, -0.25) is 9.69 Å². The van der Waals surface area contributed by atoms with Crippen LogP contribution in [0.2, 0.25) is 0 Å². The second-order valence-corrected chi connectivity index (χ2v) is 6.00. The van der Waals surface area contributed by atoms with E-state index in [1.54, 1.807) is 0 Å². The van der Waals surface area contributed by atoms with Crippen molar-refractivity contribution in [1.82, 2.24) is 15.5 Å². The molecule has 0 saturated carbocycles. The molecule has 1 aromatic carbocycles. The molecule has 1 atom stereocenters. The minimum atomic E-state index is -0.232. The fourth-order valence-corrected chi connectivity index (χ4v) is 2.83. The van der Waals surface area contributed by atoms with Crippen molar-refractivity contribution in [2.24, 2.45) is 0 Å². The zero-order chi connectivity index (χ0) is 15.9. The second kappa shape index (κ2) is 11.7. The maximum Gasteiger partial charge on any atom is 0.239 e. The van der Waals surface area contributed by atoms with Crippen LogP contribution in [0.3, 0.4) is 0 Å². The van der Waals surface area contributed by atoms with Gasteiger partial charge >= 0.3 is 0 Å². The first-order valence-corrected chi connectivity index (χ1v) is 8.28. The molecule has 1 amide bonds. The average molecular weight is 392 g/mol. The number of hydrogen-bond donors (Lipinski definition) is 2. The predicted molar refractivity (Wildman–Crippen MR) is 101 cm³/mol. The molecule has 2 fully saturated rings. The second-order valence-electron chi connectivity index (χ2n) is 6.00. The molecule has 0 aromatic heterocycles. The van der Waals surface area contributed by atoms with Crippen molar-refractivity contribution in [3.8, 4) is 0 Å². The Balaban J connectivity index is 0.00000156. The third-order valence-corrected chi connectivity index (χ3v) is 4.24. The highest BCUT2D eigenvalue weighted by Crippen LogP contribution is 2.09. The number of amides is 1. The van der Waals surface area contributed by atoms with Gasteiger partial charge < -0.3 is 20.1 Å². The highest BCUT2D eigenvalue weighted by atomic mass is 35.5. The van der Waals surface area contributed by atoms with E-state index >= 15 is 0 Å². The van der Waals surface area contributed by atoms with Crippen molar-refractivity contribution < 1.29 is 14.3 Å². The standard InChI is InChI=1S/C17H25N3O3.2ClH/c21-17(16-13-23-8-5-18-16)19-11-14-1-3-15(4-2-14)12-20-6-9-22-10-7-20;;/h1-4,16,18H,5-13H2,(H,19,21);2*1H. The number of rotatable bonds is 5. The Morgan fingerprint density at radius 2 is 1.76 bits per heavy atom. The maximum absolute atomic E-state index is 12.0. The molecule has 25 heavy (non-hydrogen) atoms. The minimum Gasteiger partial charge on any atom is -0.379 e. The molecule has 3 rings (SSSR count). The number of halogens is 2. The lowest BCUT2D eigenvalue weighted by atomic mass is 10.1. The van der Waals surface area contributed by atoms with E-state index in [9.17, 15) is 4.79 Å². The Morgan fingerprint density at radius 3 is 2.40 bits per heavy atom. The molecule has 8 heteroatoms. The van der Waals surface area contributed by atoms with Gasteiger partial charge in [0.15, 0.2) is 0 Å². The summed E-state index contributed by atoms with van der Waals surface area (Å²) in [5.74, 6) is 0.00194. The molecule has 2 heterocycles. The van der Waals surface area contributed by atoms with Gasteiger partial charge in [-0.25, -0.2) is 0 Å². The summed E-state index contributed by atoms with van der Waals surface area (Å²) in [4.78, 5) is 14.4. The SMILES string of the molecule is Cl.Cl.O=C(NCc1ccc(CN2CCOCC2)cc1)C1COCCN1. The number of nitrogens with one attached hydrogen (secondary N) is 2. The van der Waals surface area contributed by atoms with Crippen LogP contribution in [0.4, 0.5) is 0 Å². The van der Waals surface area contributed by atoms with Gasteiger partial charge in [-0.05, 0) is 11.1 Å². The summed E-state index contributed by atoms with van der Waals surface area (Å²) in [6.45, 7) is 7.00. The normalized spacial score (nSPS) is 20.9. The lowest BCUT2D eigenvalue weighted by Gasteiger charge is -2.26. The molecule has 6 nitrogen and oxygen atoms in total. The molecule has 1 aromatic rings. The fourth-order valence-electron chi connectivity index (χ4n) is 2.83. The number of morpholine rings is 2. The molecule has 0 radical (unpaired) electrons. The Labute approximate surface area is 161 Å². The van der Waals surface area contributed by atoms with Gasteiger partial charge in [-0.1, -0.05) is 24.3 Å². The van der Waals surface area contributed by atoms with Crippen molar-refractivity contribution >= 4 is 30.7 Å². The van der Waals surface area contributed by atoms with Crippen molar-refractivity contribution in [2.45, 2.75) is 19.1 Å². The summed E-state index contributed by atoms with van der Waals surface area (Å²) in [6.07, 6.45) is 0. The molecule has 2 N–H and O–H groups in total. The first kappa shape index (κ1) is 22.2.